The Morgan fingerprint density at radius 1 is 1.15 bits per heavy atom. The van der Waals surface area contributed by atoms with Crippen LogP contribution < -0.4 is 4.57 Å². The van der Waals surface area contributed by atoms with Crippen LogP contribution in [-0.2, 0) is 21.3 Å². The molecule has 0 amide bonds. The van der Waals surface area contributed by atoms with Gasteiger partial charge in [0.15, 0.2) is 12.4 Å². The highest BCUT2D eigenvalue weighted by atomic mass is 16.6. The minimum Gasteiger partial charge on any atom is -0.462 e. The maximum absolute atomic E-state index is 11.7. The molecule has 20 heavy (non-hydrogen) atoms. The Balaban J connectivity index is 2.33. The van der Waals surface area contributed by atoms with Crippen LogP contribution in [0.1, 0.15) is 37.6 Å². The predicted molar refractivity (Wildman–Crippen MR) is 72.9 cm³/mol. The molecule has 0 atom stereocenters. The standard InChI is InChI=1S/C15H22NO4/c1-5-15(2,3)14(18)20-11-10-19-13(17)12-6-8-16(4)9-7-12/h6-9H,5,10-11H2,1-4H3/q+1. The van der Waals surface area contributed by atoms with Crippen LogP contribution in [0.4, 0.5) is 0 Å². The van der Waals surface area contributed by atoms with Crippen molar-refractivity contribution >= 4 is 11.9 Å². The van der Waals surface area contributed by atoms with Gasteiger partial charge in [0.05, 0.1) is 11.0 Å². The summed E-state index contributed by atoms with van der Waals surface area (Å²) in [6, 6.07) is 3.35. The number of rotatable bonds is 6. The molecule has 1 aromatic heterocycles. The number of hydrogen-bond acceptors (Lipinski definition) is 4. The summed E-state index contributed by atoms with van der Waals surface area (Å²) in [6.07, 6.45) is 4.23. The van der Waals surface area contributed by atoms with Crippen LogP contribution in [0.25, 0.3) is 0 Å². The van der Waals surface area contributed by atoms with Gasteiger partial charge in [0.2, 0.25) is 0 Å². The number of carbonyl (C=O) groups excluding carboxylic acids is 2. The van der Waals surface area contributed by atoms with Crippen molar-refractivity contribution < 1.29 is 23.6 Å². The normalized spacial score (nSPS) is 11.0. The first-order valence-electron chi connectivity index (χ1n) is 6.66. The molecule has 0 aliphatic heterocycles. The molecule has 0 N–H and O–H groups in total. The van der Waals surface area contributed by atoms with E-state index in [-0.39, 0.29) is 19.2 Å². The van der Waals surface area contributed by atoms with E-state index in [1.54, 1.807) is 24.5 Å². The molecule has 1 rings (SSSR count). The Labute approximate surface area is 119 Å². The average Bonchev–Trinajstić information content (AvgIpc) is 2.43. The molecule has 0 saturated carbocycles. The van der Waals surface area contributed by atoms with Crippen LogP contribution in [0, 0.1) is 5.41 Å². The molecule has 0 aliphatic rings. The molecule has 1 aromatic rings. The Morgan fingerprint density at radius 3 is 2.25 bits per heavy atom. The highest BCUT2D eigenvalue weighted by Crippen LogP contribution is 2.21. The molecule has 110 valence electrons. The van der Waals surface area contributed by atoms with E-state index in [0.29, 0.717) is 12.0 Å². The van der Waals surface area contributed by atoms with Crippen LogP contribution >= 0.6 is 0 Å². The zero-order valence-corrected chi connectivity index (χ0v) is 12.5. The Bertz CT molecular complexity index is 465. The number of aromatic nitrogens is 1. The third kappa shape index (κ3) is 4.64. The van der Waals surface area contributed by atoms with E-state index >= 15 is 0 Å². The van der Waals surface area contributed by atoms with E-state index in [1.807, 2.05) is 32.4 Å². The fourth-order valence-electron chi connectivity index (χ4n) is 1.33. The SMILES string of the molecule is CCC(C)(C)C(=O)OCCOC(=O)c1cc[n+](C)cc1. The molecular weight excluding hydrogens is 258 g/mol. The van der Waals surface area contributed by atoms with Gasteiger partial charge in [-0.3, -0.25) is 4.79 Å². The lowest BCUT2D eigenvalue weighted by Crippen LogP contribution is -2.28. The second-order valence-corrected chi connectivity index (χ2v) is 5.26. The maximum atomic E-state index is 11.7. The molecule has 5 nitrogen and oxygen atoms in total. The lowest BCUT2D eigenvalue weighted by molar-refractivity contribution is -0.671. The van der Waals surface area contributed by atoms with Gasteiger partial charge in [-0.15, -0.1) is 0 Å². The summed E-state index contributed by atoms with van der Waals surface area (Å²) in [6.45, 7) is 5.72. The highest BCUT2D eigenvalue weighted by molar-refractivity contribution is 5.89. The maximum Gasteiger partial charge on any atom is 0.338 e. The van der Waals surface area contributed by atoms with E-state index in [2.05, 4.69) is 0 Å². The van der Waals surface area contributed by atoms with Gasteiger partial charge >= 0.3 is 11.9 Å². The summed E-state index contributed by atoms with van der Waals surface area (Å²) >= 11 is 0. The van der Waals surface area contributed by atoms with Crippen molar-refractivity contribution in [3.63, 3.8) is 0 Å². The first-order chi connectivity index (χ1) is 9.36. The van der Waals surface area contributed by atoms with Gasteiger partial charge in [0, 0.05) is 12.1 Å². The van der Waals surface area contributed by atoms with Crippen molar-refractivity contribution in [3.8, 4) is 0 Å². The molecule has 0 fully saturated rings. The minimum absolute atomic E-state index is 0.0609. The van der Waals surface area contributed by atoms with Crippen molar-refractivity contribution in [2.24, 2.45) is 12.5 Å². The fourth-order valence-corrected chi connectivity index (χ4v) is 1.33. The van der Waals surface area contributed by atoms with Crippen molar-refractivity contribution in [1.29, 1.82) is 0 Å². The molecule has 0 aliphatic carbocycles. The van der Waals surface area contributed by atoms with Gasteiger partial charge in [-0.05, 0) is 20.3 Å². The van der Waals surface area contributed by atoms with Gasteiger partial charge in [-0.25, -0.2) is 9.36 Å². The third-order valence-electron chi connectivity index (χ3n) is 3.20. The molecule has 5 heteroatoms. The molecule has 0 saturated heterocycles. The molecule has 0 bridgehead atoms. The summed E-state index contributed by atoms with van der Waals surface area (Å²) in [5, 5.41) is 0. The molecule has 0 radical (unpaired) electrons. The zero-order valence-electron chi connectivity index (χ0n) is 12.5. The van der Waals surface area contributed by atoms with Crippen molar-refractivity contribution in [1.82, 2.24) is 0 Å². The molecule has 0 unspecified atom stereocenters. The summed E-state index contributed by atoms with van der Waals surface area (Å²) in [5.74, 6) is -0.695. The van der Waals surface area contributed by atoms with E-state index in [1.165, 1.54) is 0 Å². The Morgan fingerprint density at radius 2 is 1.70 bits per heavy atom. The zero-order chi connectivity index (χ0) is 15.2. The number of carbonyl (C=O) groups is 2. The summed E-state index contributed by atoms with van der Waals surface area (Å²) in [4.78, 5) is 23.4. The van der Waals surface area contributed by atoms with E-state index in [9.17, 15) is 9.59 Å². The summed E-state index contributed by atoms with van der Waals surface area (Å²) in [7, 11) is 1.87. The first kappa shape index (κ1) is 16.1. The summed E-state index contributed by atoms with van der Waals surface area (Å²) < 4.78 is 11.9. The average molecular weight is 280 g/mol. The van der Waals surface area contributed by atoms with Crippen molar-refractivity contribution in [3.05, 3.63) is 30.1 Å². The number of pyridine rings is 1. The summed E-state index contributed by atoms with van der Waals surface area (Å²) in [5.41, 5.74) is -0.0265. The molecular formula is C15H22NO4+. The van der Waals surface area contributed by atoms with E-state index in [0.717, 1.165) is 0 Å². The van der Waals surface area contributed by atoms with Crippen molar-refractivity contribution in [2.75, 3.05) is 13.2 Å². The number of esters is 2. The third-order valence-corrected chi connectivity index (χ3v) is 3.20. The molecule has 1 heterocycles. The van der Waals surface area contributed by atoms with Gasteiger partial charge in [0.25, 0.3) is 0 Å². The Hall–Kier alpha value is -1.91. The van der Waals surface area contributed by atoms with Gasteiger partial charge in [-0.2, -0.15) is 0 Å². The fraction of sp³-hybridized carbons (Fsp3) is 0.533. The number of hydrogen-bond donors (Lipinski definition) is 0. The highest BCUT2D eigenvalue weighted by Gasteiger charge is 2.26. The number of aryl methyl sites for hydroxylation is 1. The van der Waals surface area contributed by atoms with E-state index < -0.39 is 11.4 Å². The topological polar surface area (TPSA) is 56.5 Å². The van der Waals surface area contributed by atoms with Crippen LogP contribution in [0.2, 0.25) is 0 Å². The Kier molecular flexibility index (Phi) is 5.67. The predicted octanol–water partition coefficient (Wildman–Crippen LogP) is 1.65. The van der Waals surface area contributed by atoms with Crippen LogP contribution in [0.5, 0.6) is 0 Å². The minimum atomic E-state index is -0.502. The van der Waals surface area contributed by atoms with Gasteiger partial charge in [0.1, 0.15) is 20.3 Å². The first-order valence-corrected chi connectivity index (χ1v) is 6.66. The van der Waals surface area contributed by atoms with Gasteiger partial charge < -0.3 is 9.47 Å². The number of nitrogens with zero attached hydrogens (tertiary/aromatic N) is 1. The lowest BCUT2D eigenvalue weighted by Gasteiger charge is -2.20. The second kappa shape index (κ2) is 7.03. The second-order valence-electron chi connectivity index (χ2n) is 5.26. The van der Waals surface area contributed by atoms with E-state index in [4.69, 9.17) is 9.47 Å². The lowest BCUT2D eigenvalue weighted by atomic mass is 9.91. The largest absolute Gasteiger partial charge is 0.462 e. The quantitative estimate of drug-likeness (QED) is 0.451. The smallest absolute Gasteiger partial charge is 0.338 e. The van der Waals surface area contributed by atoms with Crippen LogP contribution in [-0.4, -0.2) is 25.2 Å². The molecule has 0 spiro atoms. The van der Waals surface area contributed by atoms with Crippen LogP contribution in [0.15, 0.2) is 24.5 Å². The van der Waals surface area contributed by atoms with Gasteiger partial charge in [-0.1, -0.05) is 6.92 Å². The van der Waals surface area contributed by atoms with Crippen molar-refractivity contribution in [2.45, 2.75) is 27.2 Å². The van der Waals surface area contributed by atoms with Crippen LogP contribution in [0.3, 0.4) is 0 Å². The monoisotopic (exact) mass is 280 g/mol. The molecule has 0 aromatic carbocycles. The number of ether oxygens (including phenoxy) is 2.